The standard InChI is InChI=1S/C48H74O21/c1-19(51)63-31-13-21(12-20-6-7-22-24-8-9-25(45(24,2)11-10-26(22)48(20,31)5)23-14-46(3)44(60)68-27(23)15-47(46,4)61)64-43-40(69-42-39(59)36(56)33(53)29(17-50)66-42)37(57)34(54)30(67-43)18-62-41-38(58)35(55)32(52)28(16-49)65-41/h6,21-43,49-50,52-59,61H,7-18H2,1-5H3/t21-,22+,23-,24+,25-,26+,27-,28-,29-,30-,31+,32-,33-,34-,35+,36+,37+,38-,39-,40-,41-,42+,43+,45+,46+,47-,48+/m1/s1. The highest BCUT2D eigenvalue weighted by molar-refractivity contribution is 5.80. The number of fused-ring (bicyclic) bond motifs is 8. The molecular formula is C48H74O21. The second-order valence-corrected chi connectivity index (χ2v) is 22.6. The highest BCUT2D eigenvalue weighted by Crippen LogP contribution is 2.70. The van der Waals surface area contributed by atoms with Gasteiger partial charge in [0.25, 0.3) is 0 Å². The van der Waals surface area contributed by atoms with Gasteiger partial charge in [0.05, 0.1) is 36.9 Å². The van der Waals surface area contributed by atoms with Crippen molar-refractivity contribution in [2.24, 2.45) is 45.8 Å². The Morgan fingerprint density at radius 3 is 1.93 bits per heavy atom. The van der Waals surface area contributed by atoms with Crippen molar-refractivity contribution < 1.29 is 104 Å². The third kappa shape index (κ3) is 8.53. The molecular weight excluding hydrogens is 913 g/mol. The smallest absolute Gasteiger partial charge is 0.315 e. The van der Waals surface area contributed by atoms with E-state index in [2.05, 4.69) is 19.9 Å². The Balaban J connectivity index is 0.960. The number of rotatable bonds is 11. The van der Waals surface area contributed by atoms with Gasteiger partial charge in [0, 0.05) is 31.1 Å². The number of carbonyl (C=O) groups is 2. The molecule has 392 valence electrons. The fourth-order valence-corrected chi connectivity index (χ4v) is 14.8. The Hall–Kier alpha value is -2.00. The van der Waals surface area contributed by atoms with Crippen LogP contribution in [-0.4, -0.2) is 204 Å². The normalized spacial score (nSPS) is 55.0. The molecule has 0 spiro atoms. The van der Waals surface area contributed by atoms with Gasteiger partial charge in [-0.25, -0.2) is 0 Å². The highest BCUT2D eigenvalue weighted by atomic mass is 16.8. The van der Waals surface area contributed by atoms with Gasteiger partial charge in [0.2, 0.25) is 0 Å². The summed E-state index contributed by atoms with van der Waals surface area (Å²) < 4.78 is 48.0. The summed E-state index contributed by atoms with van der Waals surface area (Å²) >= 11 is 0. The topological polar surface area (TPSA) is 331 Å². The molecule has 5 heterocycles. The zero-order chi connectivity index (χ0) is 49.9. The van der Waals surface area contributed by atoms with Gasteiger partial charge in [-0.1, -0.05) is 25.5 Å². The van der Waals surface area contributed by atoms with E-state index in [0.29, 0.717) is 31.1 Å². The van der Waals surface area contributed by atoms with Gasteiger partial charge in [-0.05, 0) is 87.9 Å². The summed E-state index contributed by atoms with van der Waals surface area (Å²) in [6, 6.07) is 0. The molecule has 0 aromatic carbocycles. The third-order valence-electron chi connectivity index (χ3n) is 19.0. The zero-order valence-corrected chi connectivity index (χ0v) is 39.8. The number of hydrogen-bond acceptors (Lipinski definition) is 21. The van der Waals surface area contributed by atoms with Crippen molar-refractivity contribution in [2.45, 2.75) is 208 Å². The van der Waals surface area contributed by atoms with Gasteiger partial charge in [-0.2, -0.15) is 0 Å². The minimum Gasteiger partial charge on any atom is -0.462 e. The maximum absolute atomic E-state index is 13.1. The van der Waals surface area contributed by atoms with E-state index >= 15 is 0 Å². The highest BCUT2D eigenvalue weighted by Gasteiger charge is 2.68. The average molecular weight is 987 g/mol. The van der Waals surface area contributed by atoms with Gasteiger partial charge < -0.3 is 94.1 Å². The largest absolute Gasteiger partial charge is 0.462 e. The van der Waals surface area contributed by atoms with Crippen LogP contribution >= 0.6 is 0 Å². The van der Waals surface area contributed by atoms with E-state index in [-0.39, 0.29) is 41.7 Å². The summed E-state index contributed by atoms with van der Waals surface area (Å²) in [7, 11) is 0. The number of ether oxygens (including phenoxy) is 8. The fourth-order valence-electron chi connectivity index (χ4n) is 14.8. The maximum Gasteiger partial charge on any atom is 0.315 e. The summed E-state index contributed by atoms with van der Waals surface area (Å²) in [6.45, 7) is 7.40. The monoisotopic (exact) mass is 986 g/mol. The summed E-state index contributed by atoms with van der Waals surface area (Å²) in [4.78, 5) is 26.1. The molecule has 5 aliphatic carbocycles. The van der Waals surface area contributed by atoms with E-state index in [0.717, 1.165) is 37.7 Å². The molecule has 10 rings (SSSR count). The molecule has 21 heteroatoms. The van der Waals surface area contributed by atoms with Crippen molar-refractivity contribution in [3.05, 3.63) is 11.6 Å². The van der Waals surface area contributed by atoms with Crippen molar-refractivity contribution >= 4 is 11.9 Å². The van der Waals surface area contributed by atoms with Gasteiger partial charge >= 0.3 is 11.9 Å². The zero-order valence-electron chi connectivity index (χ0n) is 39.8. The first-order chi connectivity index (χ1) is 32.5. The molecule has 10 aliphatic rings. The van der Waals surface area contributed by atoms with Crippen molar-refractivity contribution in [1.82, 2.24) is 0 Å². The summed E-state index contributed by atoms with van der Waals surface area (Å²) in [5.74, 6) is 0.374. The van der Waals surface area contributed by atoms with E-state index in [1.54, 1.807) is 6.92 Å². The molecule has 4 saturated carbocycles. The number of hydrogen-bond donors (Lipinski definition) is 11. The fraction of sp³-hybridized carbons (Fsp3) is 0.917. The average Bonchev–Trinajstić information content (AvgIpc) is 3.65. The molecule has 5 aliphatic heterocycles. The lowest BCUT2D eigenvalue weighted by Crippen LogP contribution is -2.66. The van der Waals surface area contributed by atoms with Crippen LogP contribution in [0.5, 0.6) is 0 Å². The lowest BCUT2D eigenvalue weighted by Gasteiger charge is -2.62. The molecule has 11 N–H and O–H groups in total. The Labute approximate surface area is 400 Å². The predicted octanol–water partition coefficient (Wildman–Crippen LogP) is -1.97. The molecule has 21 nitrogen and oxygen atoms in total. The minimum absolute atomic E-state index is 0.0420. The van der Waals surface area contributed by atoms with Crippen LogP contribution in [0.15, 0.2) is 11.6 Å². The van der Waals surface area contributed by atoms with Crippen LogP contribution in [0, 0.1) is 45.8 Å². The van der Waals surface area contributed by atoms with Gasteiger partial charge in [-0.3, -0.25) is 9.59 Å². The van der Waals surface area contributed by atoms with Crippen LogP contribution in [-0.2, 0) is 47.5 Å². The van der Waals surface area contributed by atoms with Crippen LogP contribution in [0.25, 0.3) is 0 Å². The quantitative estimate of drug-likeness (QED) is 0.0790. The number of allylic oxidation sites excluding steroid dienone is 1. The molecule has 69 heavy (non-hydrogen) atoms. The Kier molecular flexibility index (Phi) is 14.3. The van der Waals surface area contributed by atoms with E-state index in [1.165, 1.54) is 6.92 Å². The Morgan fingerprint density at radius 1 is 0.710 bits per heavy atom. The van der Waals surface area contributed by atoms with Crippen LogP contribution in [0.1, 0.15) is 92.4 Å². The second kappa shape index (κ2) is 19.0. The Bertz CT molecular complexity index is 1910. The molecule has 27 atom stereocenters. The molecule has 5 saturated heterocycles. The first-order valence-electron chi connectivity index (χ1n) is 24.8. The van der Waals surface area contributed by atoms with Crippen LogP contribution < -0.4 is 0 Å². The van der Waals surface area contributed by atoms with Crippen LogP contribution in [0.3, 0.4) is 0 Å². The second-order valence-electron chi connectivity index (χ2n) is 22.6. The van der Waals surface area contributed by atoms with Gasteiger partial charge in [-0.15, -0.1) is 0 Å². The first kappa shape index (κ1) is 51.9. The van der Waals surface area contributed by atoms with E-state index in [4.69, 9.17) is 37.9 Å². The van der Waals surface area contributed by atoms with Gasteiger partial charge in [0.1, 0.15) is 85.5 Å². The molecule has 9 fully saturated rings. The SMILES string of the molecule is CC(=O)O[C@H]1C[C@H](O[C@H]2O[C@H](CO[C@@H]3O[C@H](CO)[C@@H](O)[C@H](O)[C@H]3O)[C@@H](O)[C@H](O)[C@H]2O[C@@H]2O[C@H](CO)[C@@H](O)[C@H](O)[C@H]2O)CC2=CC[C@H]3[C@@H]4CC[C@H]([C@H]5C[C@@]6(C)C(=O)O[C@@H]5C[C@@]6(C)O)[C@@]4(C)CC[C@@H]3[C@]21C. The molecule has 0 unspecified atom stereocenters. The summed E-state index contributed by atoms with van der Waals surface area (Å²) in [6.07, 6.45) is -18.7. The van der Waals surface area contributed by atoms with Crippen LogP contribution in [0.2, 0.25) is 0 Å². The molecule has 0 aromatic heterocycles. The van der Waals surface area contributed by atoms with E-state index in [9.17, 15) is 65.8 Å². The van der Waals surface area contributed by atoms with Gasteiger partial charge in [0.15, 0.2) is 18.9 Å². The number of aliphatic hydroxyl groups excluding tert-OH is 10. The van der Waals surface area contributed by atoms with Crippen molar-refractivity contribution in [3.63, 3.8) is 0 Å². The molecule has 0 aromatic rings. The van der Waals surface area contributed by atoms with E-state index < -0.39 is 147 Å². The molecule has 0 radical (unpaired) electrons. The summed E-state index contributed by atoms with van der Waals surface area (Å²) in [5, 5.41) is 117. The summed E-state index contributed by atoms with van der Waals surface area (Å²) in [5.41, 5.74) is -1.73. The van der Waals surface area contributed by atoms with Crippen molar-refractivity contribution in [3.8, 4) is 0 Å². The van der Waals surface area contributed by atoms with Crippen molar-refractivity contribution in [1.29, 1.82) is 0 Å². The first-order valence-corrected chi connectivity index (χ1v) is 24.8. The number of aliphatic hydroxyl groups is 11. The number of carbonyl (C=O) groups excluding carboxylic acids is 2. The Morgan fingerprint density at radius 2 is 1.30 bits per heavy atom. The predicted molar refractivity (Wildman–Crippen MR) is 231 cm³/mol. The van der Waals surface area contributed by atoms with Crippen molar-refractivity contribution in [2.75, 3.05) is 19.8 Å². The number of esters is 2. The van der Waals surface area contributed by atoms with E-state index in [1.807, 2.05) is 6.92 Å². The van der Waals surface area contributed by atoms with Crippen LogP contribution in [0.4, 0.5) is 0 Å². The molecule has 0 amide bonds. The maximum atomic E-state index is 13.1. The minimum atomic E-state index is -1.90. The molecule has 2 bridgehead atoms. The third-order valence-corrected chi connectivity index (χ3v) is 19.0. The lowest BCUT2D eigenvalue weighted by molar-refractivity contribution is -0.377. The lowest BCUT2D eigenvalue weighted by atomic mass is 9.45.